The number of phenols is 2. The van der Waals surface area contributed by atoms with Gasteiger partial charge in [-0.05, 0) is 30.0 Å². The van der Waals surface area contributed by atoms with Crippen LogP contribution in [-0.2, 0) is 4.74 Å². The van der Waals surface area contributed by atoms with Gasteiger partial charge in [-0.3, -0.25) is 4.79 Å². The van der Waals surface area contributed by atoms with Crippen LogP contribution in [0.5, 0.6) is 11.5 Å². The summed E-state index contributed by atoms with van der Waals surface area (Å²) in [5.41, 5.74) is 1.51. The molecule has 0 aromatic heterocycles. The summed E-state index contributed by atoms with van der Waals surface area (Å²) in [6.07, 6.45) is 1.01. The first-order valence-corrected chi connectivity index (χ1v) is 7.74. The number of ether oxygens (including phenoxy) is 1. The van der Waals surface area contributed by atoms with Gasteiger partial charge in [0.2, 0.25) is 0 Å². The molecule has 2 N–H and O–H groups in total. The van der Waals surface area contributed by atoms with Crippen molar-refractivity contribution < 1.29 is 24.5 Å². The molecule has 5 heteroatoms. The third-order valence-corrected chi connectivity index (χ3v) is 3.95. The fourth-order valence-corrected chi connectivity index (χ4v) is 2.22. The van der Waals surface area contributed by atoms with Crippen LogP contribution in [0.3, 0.4) is 0 Å². The van der Waals surface area contributed by atoms with Crippen molar-refractivity contribution in [3.8, 4) is 11.5 Å². The maximum atomic E-state index is 12.1. The highest BCUT2D eigenvalue weighted by atomic mass is 16.5. The number of hydrogen-bond donors (Lipinski definition) is 2. The average Bonchev–Trinajstić information content (AvgIpc) is 2.58. The SMILES string of the molecule is CC[C@@H](C)c1ccc(C(=O)COC(=O)c2ccc(O)cc2O)cc1. The Balaban J connectivity index is 1.98. The van der Waals surface area contributed by atoms with Crippen molar-refractivity contribution >= 4 is 11.8 Å². The van der Waals surface area contributed by atoms with Crippen LogP contribution in [0, 0.1) is 0 Å². The molecule has 2 rings (SSSR count). The highest BCUT2D eigenvalue weighted by molar-refractivity contribution is 6.00. The predicted molar refractivity (Wildman–Crippen MR) is 89.5 cm³/mol. The molecule has 0 heterocycles. The first-order valence-electron chi connectivity index (χ1n) is 7.74. The fraction of sp³-hybridized carbons (Fsp3) is 0.263. The van der Waals surface area contributed by atoms with Gasteiger partial charge in [0.05, 0.1) is 0 Å². The van der Waals surface area contributed by atoms with E-state index < -0.39 is 18.3 Å². The normalized spacial score (nSPS) is 11.8. The molecule has 5 nitrogen and oxygen atoms in total. The van der Waals surface area contributed by atoms with Gasteiger partial charge in [0.1, 0.15) is 17.1 Å². The van der Waals surface area contributed by atoms with Crippen molar-refractivity contribution in [1.82, 2.24) is 0 Å². The van der Waals surface area contributed by atoms with E-state index in [1.807, 2.05) is 12.1 Å². The highest BCUT2D eigenvalue weighted by Crippen LogP contribution is 2.23. The Morgan fingerprint density at radius 3 is 2.33 bits per heavy atom. The number of aromatic hydroxyl groups is 2. The van der Waals surface area contributed by atoms with Crippen molar-refractivity contribution in [2.75, 3.05) is 6.61 Å². The van der Waals surface area contributed by atoms with E-state index in [-0.39, 0.29) is 17.1 Å². The van der Waals surface area contributed by atoms with Gasteiger partial charge in [-0.1, -0.05) is 38.1 Å². The summed E-state index contributed by atoms with van der Waals surface area (Å²) >= 11 is 0. The number of carbonyl (C=O) groups is 2. The van der Waals surface area contributed by atoms with Crippen LogP contribution in [0.2, 0.25) is 0 Å². The molecule has 0 spiro atoms. The zero-order valence-corrected chi connectivity index (χ0v) is 13.7. The first-order chi connectivity index (χ1) is 11.4. The molecule has 0 aliphatic carbocycles. The molecule has 0 saturated heterocycles. The van der Waals surface area contributed by atoms with E-state index in [0.29, 0.717) is 11.5 Å². The van der Waals surface area contributed by atoms with Crippen molar-refractivity contribution in [3.05, 3.63) is 59.2 Å². The average molecular weight is 328 g/mol. The van der Waals surface area contributed by atoms with Crippen LogP contribution < -0.4 is 0 Å². The van der Waals surface area contributed by atoms with E-state index in [2.05, 4.69) is 13.8 Å². The quantitative estimate of drug-likeness (QED) is 0.624. The summed E-state index contributed by atoms with van der Waals surface area (Å²) in [5, 5.41) is 18.8. The number of hydrogen-bond acceptors (Lipinski definition) is 5. The Labute approximate surface area is 140 Å². The molecule has 0 fully saturated rings. The molecule has 0 unspecified atom stereocenters. The minimum atomic E-state index is -0.822. The molecule has 24 heavy (non-hydrogen) atoms. The Morgan fingerprint density at radius 1 is 1.08 bits per heavy atom. The summed E-state index contributed by atoms with van der Waals surface area (Å²) in [6.45, 7) is 3.80. The van der Waals surface area contributed by atoms with Crippen LogP contribution in [0.4, 0.5) is 0 Å². The van der Waals surface area contributed by atoms with E-state index in [0.717, 1.165) is 18.1 Å². The van der Waals surface area contributed by atoms with Crippen LogP contribution in [0.15, 0.2) is 42.5 Å². The molecule has 0 saturated carbocycles. The molecule has 0 amide bonds. The fourth-order valence-electron chi connectivity index (χ4n) is 2.22. The standard InChI is InChI=1S/C19H20O5/c1-3-12(2)13-4-6-14(7-5-13)18(22)11-24-19(23)16-9-8-15(20)10-17(16)21/h4-10,12,20-21H,3,11H2,1-2H3/t12-/m1/s1. The van der Waals surface area contributed by atoms with Gasteiger partial charge in [-0.2, -0.15) is 0 Å². The summed E-state index contributed by atoms with van der Waals surface area (Å²) in [4.78, 5) is 24.0. The van der Waals surface area contributed by atoms with Gasteiger partial charge in [0, 0.05) is 11.6 Å². The van der Waals surface area contributed by atoms with Crippen molar-refractivity contribution in [2.24, 2.45) is 0 Å². The zero-order chi connectivity index (χ0) is 17.7. The van der Waals surface area contributed by atoms with Gasteiger partial charge in [0.15, 0.2) is 12.4 Å². The molecule has 0 aliphatic rings. The van der Waals surface area contributed by atoms with E-state index in [1.54, 1.807) is 12.1 Å². The lowest BCUT2D eigenvalue weighted by atomic mass is 9.97. The molecule has 0 bridgehead atoms. The second-order valence-electron chi connectivity index (χ2n) is 5.63. The van der Waals surface area contributed by atoms with Gasteiger partial charge < -0.3 is 14.9 Å². The summed E-state index contributed by atoms with van der Waals surface area (Å²) in [7, 11) is 0. The number of esters is 1. The summed E-state index contributed by atoms with van der Waals surface area (Å²) < 4.78 is 4.93. The Bertz CT molecular complexity index is 734. The number of phenolic OH excluding ortho intramolecular Hbond substituents is 2. The molecular weight excluding hydrogens is 308 g/mol. The van der Waals surface area contributed by atoms with Crippen LogP contribution in [0.1, 0.15) is 52.5 Å². The third kappa shape index (κ3) is 4.13. The second-order valence-corrected chi connectivity index (χ2v) is 5.63. The maximum absolute atomic E-state index is 12.1. The molecule has 0 radical (unpaired) electrons. The molecular formula is C19H20O5. The second kappa shape index (κ2) is 7.64. The van der Waals surface area contributed by atoms with Crippen molar-refractivity contribution in [2.45, 2.75) is 26.2 Å². The van der Waals surface area contributed by atoms with Gasteiger partial charge in [-0.25, -0.2) is 4.79 Å². The van der Waals surface area contributed by atoms with E-state index in [9.17, 15) is 19.8 Å². The highest BCUT2D eigenvalue weighted by Gasteiger charge is 2.16. The lowest BCUT2D eigenvalue weighted by Crippen LogP contribution is -2.14. The molecule has 0 aliphatic heterocycles. The molecule has 1 atom stereocenters. The Hall–Kier alpha value is -2.82. The van der Waals surface area contributed by atoms with Crippen LogP contribution in [0.25, 0.3) is 0 Å². The van der Waals surface area contributed by atoms with Gasteiger partial charge in [-0.15, -0.1) is 0 Å². The predicted octanol–water partition coefficient (Wildman–Crippen LogP) is 3.65. The Kier molecular flexibility index (Phi) is 5.58. The molecule has 126 valence electrons. The van der Waals surface area contributed by atoms with E-state index in [1.165, 1.54) is 12.1 Å². The largest absolute Gasteiger partial charge is 0.508 e. The summed E-state index contributed by atoms with van der Waals surface area (Å²) in [5.74, 6) is -1.29. The van der Waals surface area contributed by atoms with Crippen molar-refractivity contribution in [3.63, 3.8) is 0 Å². The maximum Gasteiger partial charge on any atom is 0.342 e. The van der Waals surface area contributed by atoms with Crippen molar-refractivity contribution in [1.29, 1.82) is 0 Å². The zero-order valence-electron chi connectivity index (χ0n) is 13.7. The number of carbonyl (C=O) groups excluding carboxylic acids is 2. The third-order valence-electron chi connectivity index (χ3n) is 3.95. The number of rotatable bonds is 6. The number of Topliss-reactive ketones (excluding diaryl/α,β-unsaturated/α-hetero) is 1. The van der Waals surface area contributed by atoms with E-state index >= 15 is 0 Å². The topological polar surface area (TPSA) is 83.8 Å². The summed E-state index contributed by atoms with van der Waals surface area (Å²) in [6, 6.07) is 10.8. The van der Waals surface area contributed by atoms with E-state index in [4.69, 9.17) is 4.74 Å². The van der Waals surface area contributed by atoms with Gasteiger partial charge >= 0.3 is 5.97 Å². The monoisotopic (exact) mass is 328 g/mol. The lowest BCUT2D eigenvalue weighted by Gasteiger charge is -2.10. The number of benzene rings is 2. The Morgan fingerprint density at radius 2 is 1.75 bits per heavy atom. The first kappa shape index (κ1) is 17.5. The molecule has 2 aromatic rings. The van der Waals surface area contributed by atoms with Crippen LogP contribution in [-0.4, -0.2) is 28.6 Å². The minimum absolute atomic E-state index is 0.104. The van der Waals surface area contributed by atoms with Gasteiger partial charge in [0.25, 0.3) is 0 Å². The number of ketones is 1. The lowest BCUT2D eigenvalue weighted by molar-refractivity contribution is 0.0472. The molecule has 2 aromatic carbocycles. The van der Waals surface area contributed by atoms with Crippen LogP contribution >= 0.6 is 0 Å². The minimum Gasteiger partial charge on any atom is -0.508 e. The smallest absolute Gasteiger partial charge is 0.342 e.